The fourth-order valence-electron chi connectivity index (χ4n) is 0.503. The maximum atomic E-state index is 9.84. The third kappa shape index (κ3) is 1.54. The van der Waals surface area contributed by atoms with Gasteiger partial charge in [0.25, 0.3) is 6.47 Å². The van der Waals surface area contributed by atoms with Gasteiger partial charge in [-0.2, -0.15) is 0 Å². The maximum absolute atomic E-state index is 9.84. The predicted octanol–water partition coefficient (Wildman–Crippen LogP) is 1.38. The minimum atomic E-state index is 0.289. The van der Waals surface area contributed by atoms with Crippen LogP contribution in [0.4, 0.5) is 0 Å². The average molecular weight is 202 g/mol. The molecule has 52 valence electrons. The molecule has 1 heterocycles. The van der Waals surface area contributed by atoms with E-state index in [-0.39, 0.29) is 5.88 Å². The second-order valence-electron chi connectivity index (χ2n) is 1.50. The number of nitrogens with zero attached hydrogens (tertiary/aromatic N) is 1. The Morgan fingerprint density at radius 3 is 3.10 bits per heavy atom. The van der Waals surface area contributed by atoms with Crippen molar-refractivity contribution in [2.45, 2.75) is 0 Å². The Kier molecular flexibility index (Phi) is 2.39. The van der Waals surface area contributed by atoms with Gasteiger partial charge >= 0.3 is 0 Å². The van der Waals surface area contributed by atoms with Crippen molar-refractivity contribution in [2.24, 2.45) is 0 Å². The molecule has 0 aromatic carbocycles. The first kappa shape index (κ1) is 7.21. The number of carbonyl (C=O) groups is 1. The molecule has 3 nitrogen and oxygen atoms in total. The Morgan fingerprint density at radius 1 is 1.70 bits per heavy atom. The zero-order valence-electron chi connectivity index (χ0n) is 4.95. The molecule has 0 saturated carbocycles. The highest BCUT2D eigenvalue weighted by Crippen LogP contribution is 2.19. The number of carbonyl (C=O) groups excluding carboxylic acids is 1. The van der Waals surface area contributed by atoms with E-state index in [1.54, 1.807) is 18.3 Å². The highest BCUT2D eigenvalue weighted by atomic mass is 79.9. The van der Waals surface area contributed by atoms with Crippen LogP contribution in [-0.2, 0) is 4.79 Å². The third-order valence-electron chi connectivity index (χ3n) is 0.884. The minimum Gasteiger partial charge on any atom is -0.408 e. The summed E-state index contributed by atoms with van der Waals surface area (Å²) >= 11 is 3.15. The molecule has 10 heavy (non-hydrogen) atoms. The van der Waals surface area contributed by atoms with Crippen molar-refractivity contribution < 1.29 is 9.53 Å². The van der Waals surface area contributed by atoms with Crippen molar-refractivity contribution in [3.63, 3.8) is 0 Å². The number of halogens is 1. The van der Waals surface area contributed by atoms with Crippen molar-refractivity contribution in [1.82, 2.24) is 4.98 Å². The first-order chi connectivity index (χ1) is 4.84. The van der Waals surface area contributed by atoms with Gasteiger partial charge < -0.3 is 4.74 Å². The lowest BCUT2D eigenvalue weighted by molar-refractivity contribution is -0.121. The Bertz CT molecular complexity index is 239. The highest BCUT2D eigenvalue weighted by molar-refractivity contribution is 9.10. The molecule has 0 N–H and O–H groups in total. The Labute approximate surface area is 66.2 Å². The van der Waals surface area contributed by atoms with E-state index in [1.165, 1.54) is 0 Å². The number of aromatic nitrogens is 1. The van der Waals surface area contributed by atoms with Crippen LogP contribution in [0.15, 0.2) is 22.8 Å². The molecule has 4 heteroatoms. The maximum Gasteiger partial charge on any atom is 0.299 e. The minimum absolute atomic E-state index is 0.289. The van der Waals surface area contributed by atoms with E-state index in [0.717, 1.165) is 0 Å². The fourth-order valence-corrected chi connectivity index (χ4v) is 0.852. The second-order valence-corrected chi connectivity index (χ2v) is 2.36. The van der Waals surface area contributed by atoms with Gasteiger partial charge in [0.05, 0.1) is 4.47 Å². The molecule has 0 aliphatic heterocycles. The lowest BCUT2D eigenvalue weighted by Gasteiger charge is -1.96. The zero-order chi connectivity index (χ0) is 7.40. The van der Waals surface area contributed by atoms with E-state index in [4.69, 9.17) is 0 Å². The fraction of sp³-hybridized carbons (Fsp3) is 0. The molecule has 0 aliphatic rings. The summed E-state index contributed by atoms with van der Waals surface area (Å²) in [7, 11) is 0. The molecule has 0 spiro atoms. The third-order valence-corrected chi connectivity index (χ3v) is 1.49. The Morgan fingerprint density at radius 2 is 2.50 bits per heavy atom. The van der Waals surface area contributed by atoms with E-state index in [9.17, 15) is 4.79 Å². The van der Waals surface area contributed by atoms with Gasteiger partial charge in [-0.3, -0.25) is 4.79 Å². The van der Waals surface area contributed by atoms with Crippen LogP contribution >= 0.6 is 15.9 Å². The smallest absolute Gasteiger partial charge is 0.299 e. The van der Waals surface area contributed by atoms with Gasteiger partial charge in [0.2, 0.25) is 5.88 Å². The molecule has 0 aliphatic carbocycles. The Hall–Kier alpha value is -0.900. The number of hydrogen-bond donors (Lipinski definition) is 0. The topological polar surface area (TPSA) is 39.2 Å². The predicted molar refractivity (Wildman–Crippen MR) is 38.6 cm³/mol. The van der Waals surface area contributed by atoms with Gasteiger partial charge in [-0.05, 0) is 28.1 Å². The van der Waals surface area contributed by atoms with Gasteiger partial charge in [-0.15, -0.1) is 0 Å². The quantitative estimate of drug-likeness (QED) is 0.680. The summed E-state index contributed by atoms with van der Waals surface area (Å²) in [5, 5.41) is 0. The van der Waals surface area contributed by atoms with E-state index in [0.29, 0.717) is 10.9 Å². The van der Waals surface area contributed by atoms with Gasteiger partial charge in [-0.1, -0.05) is 0 Å². The number of hydrogen-bond acceptors (Lipinski definition) is 3. The lowest BCUT2D eigenvalue weighted by Crippen LogP contribution is -1.91. The number of rotatable bonds is 2. The van der Waals surface area contributed by atoms with Crippen LogP contribution in [-0.4, -0.2) is 11.5 Å². The van der Waals surface area contributed by atoms with Gasteiger partial charge in [-0.25, -0.2) is 4.98 Å². The number of pyridine rings is 1. The lowest BCUT2D eigenvalue weighted by atomic mass is 10.5. The van der Waals surface area contributed by atoms with E-state index < -0.39 is 0 Å². The summed E-state index contributed by atoms with van der Waals surface area (Å²) in [6.45, 7) is 0.340. The summed E-state index contributed by atoms with van der Waals surface area (Å²) in [6, 6.07) is 3.48. The van der Waals surface area contributed by atoms with Crippen molar-refractivity contribution in [3.8, 4) is 5.88 Å². The monoisotopic (exact) mass is 201 g/mol. The van der Waals surface area contributed by atoms with Crippen LogP contribution in [0.2, 0.25) is 0 Å². The molecule has 1 rings (SSSR count). The highest BCUT2D eigenvalue weighted by Gasteiger charge is 1.97. The summed E-state index contributed by atoms with van der Waals surface area (Å²) in [6.07, 6.45) is 1.55. The van der Waals surface area contributed by atoms with E-state index in [1.807, 2.05) is 0 Å². The first-order valence-electron chi connectivity index (χ1n) is 2.55. The number of ether oxygens (including phenoxy) is 1. The molecule has 1 aromatic rings. The van der Waals surface area contributed by atoms with Crippen LogP contribution in [0.3, 0.4) is 0 Å². The summed E-state index contributed by atoms with van der Waals surface area (Å²) < 4.78 is 5.17. The zero-order valence-corrected chi connectivity index (χ0v) is 6.54. The molecular weight excluding hydrogens is 198 g/mol. The first-order valence-corrected chi connectivity index (χ1v) is 3.34. The van der Waals surface area contributed by atoms with Gasteiger partial charge in [0.1, 0.15) is 0 Å². The summed E-state index contributed by atoms with van der Waals surface area (Å²) in [5.41, 5.74) is 0. The molecule has 1 aromatic heterocycles. The molecule has 0 saturated heterocycles. The van der Waals surface area contributed by atoms with Crippen molar-refractivity contribution >= 4 is 22.4 Å². The second kappa shape index (κ2) is 3.31. The van der Waals surface area contributed by atoms with Crippen LogP contribution in [0, 0.1) is 0 Å². The van der Waals surface area contributed by atoms with E-state index >= 15 is 0 Å². The van der Waals surface area contributed by atoms with Crippen LogP contribution in [0.25, 0.3) is 0 Å². The SMILES string of the molecule is O=COc1ncccc1Br. The molecular formula is C6H4BrNO2. The van der Waals surface area contributed by atoms with E-state index in [2.05, 4.69) is 25.7 Å². The standard InChI is InChI=1S/C6H4BrNO2/c7-5-2-1-3-8-6(5)10-4-9/h1-4H. The van der Waals surface area contributed by atoms with Crippen molar-refractivity contribution in [3.05, 3.63) is 22.8 Å². The summed E-state index contributed by atoms with van der Waals surface area (Å²) in [5.74, 6) is 0.289. The van der Waals surface area contributed by atoms with Crippen molar-refractivity contribution in [2.75, 3.05) is 0 Å². The molecule has 0 radical (unpaired) electrons. The normalized spacial score (nSPS) is 8.90. The van der Waals surface area contributed by atoms with Crippen molar-refractivity contribution in [1.29, 1.82) is 0 Å². The Balaban J connectivity index is 2.91. The van der Waals surface area contributed by atoms with Gasteiger partial charge in [0.15, 0.2) is 0 Å². The largest absolute Gasteiger partial charge is 0.408 e. The van der Waals surface area contributed by atoms with Crippen LogP contribution in [0.1, 0.15) is 0 Å². The van der Waals surface area contributed by atoms with Gasteiger partial charge in [0, 0.05) is 6.20 Å². The molecule has 0 fully saturated rings. The average Bonchev–Trinajstić information content (AvgIpc) is 1.94. The summed E-state index contributed by atoms with van der Waals surface area (Å²) in [4.78, 5) is 13.6. The van der Waals surface area contributed by atoms with Crippen LogP contribution in [0.5, 0.6) is 5.88 Å². The van der Waals surface area contributed by atoms with Crippen LogP contribution < -0.4 is 4.74 Å². The molecule has 0 bridgehead atoms. The molecule has 0 atom stereocenters. The molecule has 0 amide bonds. The molecule has 0 unspecified atom stereocenters.